The molecule has 1 atom stereocenters. The van der Waals surface area contributed by atoms with Crippen LogP contribution in [0.25, 0.3) is 0 Å². The molecule has 0 heterocycles. The summed E-state index contributed by atoms with van der Waals surface area (Å²) in [6.45, 7) is 4.18. The van der Waals surface area contributed by atoms with Gasteiger partial charge < -0.3 is 10.5 Å². The third kappa shape index (κ3) is 2.21. The number of benzene rings is 1. The number of rotatable bonds is 3. The molecular formula is C13H17NO. The summed E-state index contributed by atoms with van der Waals surface area (Å²) in [6, 6.07) is 6.40. The molecule has 80 valence electrons. The molecule has 2 heteroatoms. The molecule has 1 aromatic rings. The van der Waals surface area contributed by atoms with Crippen molar-refractivity contribution in [3.63, 3.8) is 0 Å². The van der Waals surface area contributed by atoms with Gasteiger partial charge in [-0.15, -0.1) is 0 Å². The normalized spacial score (nSPS) is 19.4. The summed E-state index contributed by atoms with van der Waals surface area (Å²) < 4.78 is 5.50. The van der Waals surface area contributed by atoms with Crippen LogP contribution in [0.3, 0.4) is 0 Å². The molecule has 15 heavy (non-hydrogen) atoms. The number of nitrogens with two attached hydrogens (primary N) is 1. The Labute approximate surface area is 90.7 Å². The van der Waals surface area contributed by atoms with Gasteiger partial charge in [-0.1, -0.05) is 18.7 Å². The van der Waals surface area contributed by atoms with Crippen molar-refractivity contribution in [3.05, 3.63) is 42.0 Å². The summed E-state index contributed by atoms with van der Waals surface area (Å²) >= 11 is 0. The number of aryl methyl sites for hydroxylation is 1. The summed E-state index contributed by atoms with van der Waals surface area (Å²) in [7, 11) is 0. The fourth-order valence-electron chi connectivity index (χ4n) is 2.06. The molecule has 0 saturated carbocycles. The van der Waals surface area contributed by atoms with Gasteiger partial charge in [0.05, 0.1) is 0 Å². The lowest BCUT2D eigenvalue weighted by Gasteiger charge is -2.22. The zero-order chi connectivity index (χ0) is 10.7. The molecule has 1 aromatic carbocycles. The highest BCUT2D eigenvalue weighted by atomic mass is 16.5. The maximum atomic E-state index is 6.07. The molecule has 0 bridgehead atoms. The van der Waals surface area contributed by atoms with Gasteiger partial charge in [0.1, 0.15) is 12.4 Å². The van der Waals surface area contributed by atoms with E-state index < -0.39 is 0 Å². The predicted octanol–water partition coefficient (Wildman–Crippen LogP) is 2.59. The van der Waals surface area contributed by atoms with Crippen molar-refractivity contribution in [1.29, 1.82) is 0 Å². The average molecular weight is 203 g/mol. The topological polar surface area (TPSA) is 35.2 Å². The molecule has 0 radical (unpaired) electrons. The van der Waals surface area contributed by atoms with E-state index in [1.54, 1.807) is 6.08 Å². The molecule has 1 aliphatic carbocycles. The fourth-order valence-corrected chi connectivity index (χ4v) is 2.06. The zero-order valence-corrected chi connectivity index (χ0v) is 8.91. The van der Waals surface area contributed by atoms with Gasteiger partial charge in [-0.05, 0) is 42.5 Å². The van der Waals surface area contributed by atoms with Crippen LogP contribution in [-0.4, -0.2) is 6.61 Å². The van der Waals surface area contributed by atoms with E-state index in [-0.39, 0.29) is 6.04 Å². The van der Waals surface area contributed by atoms with Crippen LogP contribution in [0.4, 0.5) is 0 Å². The Balaban J connectivity index is 2.23. The van der Waals surface area contributed by atoms with Crippen molar-refractivity contribution in [1.82, 2.24) is 0 Å². The predicted molar refractivity (Wildman–Crippen MR) is 62.0 cm³/mol. The first kappa shape index (κ1) is 10.2. The molecular weight excluding hydrogens is 186 g/mol. The average Bonchev–Trinajstić information content (AvgIpc) is 2.27. The van der Waals surface area contributed by atoms with Gasteiger partial charge in [-0.2, -0.15) is 0 Å². The van der Waals surface area contributed by atoms with Crippen LogP contribution < -0.4 is 10.5 Å². The Morgan fingerprint density at radius 3 is 3.20 bits per heavy atom. The molecule has 0 saturated heterocycles. The number of hydrogen-bond donors (Lipinski definition) is 1. The minimum absolute atomic E-state index is 0.182. The summed E-state index contributed by atoms with van der Waals surface area (Å²) in [5.74, 6) is 0.894. The first-order valence-corrected chi connectivity index (χ1v) is 5.43. The van der Waals surface area contributed by atoms with Crippen molar-refractivity contribution in [2.75, 3.05) is 6.61 Å². The van der Waals surface area contributed by atoms with E-state index in [1.165, 1.54) is 17.5 Å². The van der Waals surface area contributed by atoms with E-state index in [1.807, 2.05) is 6.07 Å². The molecule has 2 N–H and O–H groups in total. The Kier molecular flexibility index (Phi) is 3.07. The lowest BCUT2D eigenvalue weighted by molar-refractivity contribution is 0.362. The second-order valence-corrected chi connectivity index (χ2v) is 3.96. The van der Waals surface area contributed by atoms with Crippen molar-refractivity contribution in [2.45, 2.75) is 25.3 Å². The van der Waals surface area contributed by atoms with Crippen molar-refractivity contribution < 1.29 is 4.74 Å². The molecule has 0 aromatic heterocycles. The van der Waals surface area contributed by atoms with Gasteiger partial charge in [0.15, 0.2) is 0 Å². The van der Waals surface area contributed by atoms with Crippen molar-refractivity contribution >= 4 is 0 Å². The first-order valence-electron chi connectivity index (χ1n) is 5.43. The van der Waals surface area contributed by atoms with Gasteiger partial charge in [0, 0.05) is 6.04 Å². The van der Waals surface area contributed by atoms with Gasteiger partial charge in [-0.3, -0.25) is 0 Å². The lowest BCUT2D eigenvalue weighted by atomic mass is 9.88. The van der Waals surface area contributed by atoms with Crippen LogP contribution in [0, 0.1) is 0 Å². The van der Waals surface area contributed by atoms with Gasteiger partial charge in [0.25, 0.3) is 0 Å². The van der Waals surface area contributed by atoms with E-state index in [0.29, 0.717) is 6.61 Å². The number of ether oxygens (including phenoxy) is 1. The van der Waals surface area contributed by atoms with E-state index in [9.17, 15) is 0 Å². The molecule has 1 aliphatic rings. The first-order chi connectivity index (χ1) is 7.31. The van der Waals surface area contributed by atoms with Crippen LogP contribution in [0.15, 0.2) is 30.9 Å². The lowest BCUT2D eigenvalue weighted by Crippen LogP contribution is -2.17. The monoisotopic (exact) mass is 203 g/mol. The summed E-state index contributed by atoms with van der Waals surface area (Å²) in [6.07, 6.45) is 5.17. The van der Waals surface area contributed by atoms with Gasteiger partial charge >= 0.3 is 0 Å². The number of hydrogen-bond acceptors (Lipinski definition) is 2. The molecule has 2 rings (SSSR count). The summed E-state index contributed by atoms with van der Waals surface area (Å²) in [4.78, 5) is 0. The van der Waals surface area contributed by atoms with E-state index in [2.05, 4.69) is 18.7 Å². The van der Waals surface area contributed by atoms with Crippen LogP contribution in [0.2, 0.25) is 0 Å². The fraction of sp³-hybridized carbons (Fsp3) is 0.385. The standard InChI is InChI=1S/C13H17NO/c1-2-8-15-11-7-6-10-4-3-5-13(14)12(10)9-11/h2,6-7,9,13H,1,3-5,8,14H2/t13-/m0/s1. The highest BCUT2D eigenvalue weighted by molar-refractivity contribution is 5.39. The number of fused-ring (bicyclic) bond motifs is 1. The quantitative estimate of drug-likeness (QED) is 0.766. The summed E-state index contributed by atoms with van der Waals surface area (Å²) in [5, 5.41) is 0. The summed E-state index contributed by atoms with van der Waals surface area (Å²) in [5.41, 5.74) is 8.70. The van der Waals surface area contributed by atoms with Gasteiger partial charge in [0.2, 0.25) is 0 Å². The highest BCUT2D eigenvalue weighted by Gasteiger charge is 2.16. The van der Waals surface area contributed by atoms with Gasteiger partial charge in [-0.25, -0.2) is 0 Å². The Morgan fingerprint density at radius 1 is 1.53 bits per heavy atom. The van der Waals surface area contributed by atoms with Crippen LogP contribution in [0.1, 0.15) is 30.0 Å². The Hall–Kier alpha value is -1.28. The molecule has 0 aliphatic heterocycles. The van der Waals surface area contributed by atoms with Crippen LogP contribution in [-0.2, 0) is 6.42 Å². The van der Waals surface area contributed by atoms with Crippen LogP contribution >= 0.6 is 0 Å². The van der Waals surface area contributed by atoms with E-state index in [4.69, 9.17) is 10.5 Å². The third-order valence-corrected chi connectivity index (χ3v) is 2.85. The largest absolute Gasteiger partial charge is 0.490 e. The maximum Gasteiger partial charge on any atom is 0.120 e. The van der Waals surface area contributed by atoms with Crippen molar-refractivity contribution in [2.24, 2.45) is 5.73 Å². The third-order valence-electron chi connectivity index (χ3n) is 2.85. The Morgan fingerprint density at radius 2 is 2.40 bits per heavy atom. The van der Waals surface area contributed by atoms with Crippen molar-refractivity contribution in [3.8, 4) is 5.75 Å². The minimum Gasteiger partial charge on any atom is -0.490 e. The maximum absolute atomic E-state index is 6.07. The SMILES string of the molecule is C=CCOc1ccc2c(c1)[C@@H](N)CCC2. The zero-order valence-electron chi connectivity index (χ0n) is 8.91. The second-order valence-electron chi connectivity index (χ2n) is 3.96. The van der Waals surface area contributed by atoms with Crippen LogP contribution in [0.5, 0.6) is 5.75 Å². The Bertz CT molecular complexity index is 360. The molecule has 0 amide bonds. The minimum atomic E-state index is 0.182. The second kappa shape index (κ2) is 4.49. The smallest absolute Gasteiger partial charge is 0.120 e. The van der Waals surface area contributed by atoms with E-state index in [0.717, 1.165) is 18.6 Å². The molecule has 2 nitrogen and oxygen atoms in total. The molecule has 0 spiro atoms. The molecule has 0 unspecified atom stereocenters. The highest BCUT2D eigenvalue weighted by Crippen LogP contribution is 2.30. The molecule has 0 fully saturated rings. The van der Waals surface area contributed by atoms with E-state index >= 15 is 0 Å².